The van der Waals surface area contributed by atoms with E-state index in [1.165, 1.54) is 7.11 Å². The highest BCUT2D eigenvalue weighted by atomic mass is 16.5. The standard InChI is InChI=1S/C10H7N3O2/c1-15-8-4-2-3-6-9(8)13-10(14)7(5-11)12-6/h2-4H,1H3,(H,13,14). The molecular formula is C10H7N3O2. The summed E-state index contributed by atoms with van der Waals surface area (Å²) in [5, 5.41) is 8.64. The minimum absolute atomic E-state index is 0.143. The molecule has 0 aliphatic heterocycles. The molecule has 0 aliphatic rings. The second kappa shape index (κ2) is 3.42. The first-order valence-electron chi connectivity index (χ1n) is 4.23. The van der Waals surface area contributed by atoms with E-state index in [4.69, 9.17) is 10.00 Å². The molecule has 1 aromatic carbocycles. The number of aromatic amines is 1. The van der Waals surface area contributed by atoms with Gasteiger partial charge in [-0.2, -0.15) is 5.26 Å². The van der Waals surface area contributed by atoms with Crippen LogP contribution in [0.3, 0.4) is 0 Å². The molecule has 0 fully saturated rings. The van der Waals surface area contributed by atoms with Crippen molar-refractivity contribution in [1.29, 1.82) is 5.26 Å². The molecule has 2 rings (SSSR count). The Morgan fingerprint density at radius 2 is 2.33 bits per heavy atom. The summed E-state index contributed by atoms with van der Waals surface area (Å²) in [5.41, 5.74) is 0.389. The molecule has 0 unspecified atom stereocenters. The van der Waals surface area contributed by atoms with Crippen molar-refractivity contribution in [3.05, 3.63) is 34.2 Å². The zero-order valence-corrected chi connectivity index (χ0v) is 7.94. The molecule has 0 radical (unpaired) electrons. The molecule has 1 heterocycles. The van der Waals surface area contributed by atoms with E-state index in [2.05, 4.69) is 9.97 Å². The van der Waals surface area contributed by atoms with Crippen LogP contribution in [-0.4, -0.2) is 17.1 Å². The van der Waals surface area contributed by atoms with Gasteiger partial charge in [-0.15, -0.1) is 0 Å². The summed E-state index contributed by atoms with van der Waals surface area (Å²) in [6.07, 6.45) is 0. The number of para-hydroxylation sites is 1. The molecule has 0 saturated heterocycles. The van der Waals surface area contributed by atoms with Gasteiger partial charge in [0.2, 0.25) is 5.69 Å². The quantitative estimate of drug-likeness (QED) is 0.740. The number of rotatable bonds is 1. The second-order valence-electron chi connectivity index (χ2n) is 2.88. The average Bonchev–Trinajstić information content (AvgIpc) is 2.27. The number of hydrogen-bond donors (Lipinski definition) is 1. The Morgan fingerprint density at radius 3 is 3.00 bits per heavy atom. The summed E-state index contributed by atoms with van der Waals surface area (Å²) in [6.45, 7) is 0. The third kappa shape index (κ3) is 1.42. The molecule has 1 aromatic heterocycles. The topological polar surface area (TPSA) is 78.8 Å². The van der Waals surface area contributed by atoms with Gasteiger partial charge < -0.3 is 9.72 Å². The molecular weight excluding hydrogens is 194 g/mol. The first kappa shape index (κ1) is 9.21. The van der Waals surface area contributed by atoms with Gasteiger partial charge in [-0.1, -0.05) is 6.07 Å². The van der Waals surface area contributed by atoms with Crippen molar-refractivity contribution in [3.8, 4) is 11.8 Å². The fraction of sp³-hybridized carbons (Fsp3) is 0.100. The van der Waals surface area contributed by atoms with Crippen molar-refractivity contribution >= 4 is 11.0 Å². The van der Waals surface area contributed by atoms with Crippen LogP contribution >= 0.6 is 0 Å². The van der Waals surface area contributed by atoms with Crippen molar-refractivity contribution in [2.75, 3.05) is 7.11 Å². The highest BCUT2D eigenvalue weighted by Gasteiger charge is 2.06. The SMILES string of the molecule is COc1cccc2nc(C#N)c(=O)[nH]c12. The highest BCUT2D eigenvalue weighted by molar-refractivity contribution is 5.80. The average molecular weight is 201 g/mol. The summed E-state index contributed by atoms with van der Waals surface area (Å²) in [7, 11) is 1.51. The number of fused-ring (bicyclic) bond motifs is 1. The van der Waals surface area contributed by atoms with Gasteiger partial charge in [-0.05, 0) is 12.1 Å². The highest BCUT2D eigenvalue weighted by Crippen LogP contribution is 2.20. The van der Waals surface area contributed by atoms with Crippen LogP contribution in [0.2, 0.25) is 0 Å². The molecule has 1 N–H and O–H groups in total. The molecule has 15 heavy (non-hydrogen) atoms. The Hall–Kier alpha value is -2.35. The lowest BCUT2D eigenvalue weighted by molar-refractivity contribution is 0.418. The van der Waals surface area contributed by atoms with Gasteiger partial charge in [-0.3, -0.25) is 4.79 Å². The summed E-state index contributed by atoms with van der Waals surface area (Å²) in [4.78, 5) is 17.8. The summed E-state index contributed by atoms with van der Waals surface area (Å²) < 4.78 is 5.06. The molecule has 0 spiro atoms. The van der Waals surface area contributed by atoms with Gasteiger partial charge >= 0.3 is 0 Å². The first-order valence-corrected chi connectivity index (χ1v) is 4.23. The Morgan fingerprint density at radius 1 is 1.53 bits per heavy atom. The number of nitriles is 1. The number of nitrogens with zero attached hydrogens (tertiary/aromatic N) is 2. The van der Waals surface area contributed by atoms with Crippen LogP contribution in [0.1, 0.15) is 5.69 Å². The number of methoxy groups -OCH3 is 1. The Kier molecular flexibility index (Phi) is 2.10. The molecule has 0 aliphatic carbocycles. The molecule has 5 heteroatoms. The predicted octanol–water partition coefficient (Wildman–Crippen LogP) is 0.803. The van der Waals surface area contributed by atoms with E-state index < -0.39 is 5.56 Å². The second-order valence-corrected chi connectivity index (χ2v) is 2.88. The van der Waals surface area contributed by atoms with Crippen molar-refractivity contribution in [2.24, 2.45) is 0 Å². The van der Waals surface area contributed by atoms with Crippen molar-refractivity contribution in [3.63, 3.8) is 0 Å². The fourth-order valence-electron chi connectivity index (χ4n) is 1.33. The van der Waals surface area contributed by atoms with Crippen LogP contribution in [0.25, 0.3) is 11.0 Å². The van der Waals surface area contributed by atoms with Gasteiger partial charge in [0, 0.05) is 0 Å². The smallest absolute Gasteiger partial charge is 0.285 e. The van der Waals surface area contributed by atoms with Gasteiger partial charge in [0.25, 0.3) is 5.56 Å². The molecule has 74 valence electrons. The first-order chi connectivity index (χ1) is 7.26. The van der Waals surface area contributed by atoms with Crippen molar-refractivity contribution < 1.29 is 4.74 Å². The summed E-state index contributed by atoms with van der Waals surface area (Å²) in [5.74, 6) is 0.529. The fourth-order valence-corrected chi connectivity index (χ4v) is 1.33. The number of H-pyrrole nitrogens is 1. The van der Waals surface area contributed by atoms with E-state index in [0.717, 1.165) is 0 Å². The Bertz CT molecular complexity index is 610. The van der Waals surface area contributed by atoms with Crippen molar-refractivity contribution in [1.82, 2.24) is 9.97 Å². The lowest BCUT2D eigenvalue weighted by Crippen LogP contribution is -2.12. The lowest BCUT2D eigenvalue weighted by Gasteiger charge is -2.03. The van der Waals surface area contributed by atoms with Crippen LogP contribution in [0, 0.1) is 11.3 Å². The largest absolute Gasteiger partial charge is 0.494 e. The van der Waals surface area contributed by atoms with E-state index in [1.807, 2.05) is 0 Å². The van der Waals surface area contributed by atoms with Gasteiger partial charge in [-0.25, -0.2) is 4.98 Å². The summed E-state index contributed by atoms with van der Waals surface area (Å²) in [6, 6.07) is 6.89. The third-order valence-electron chi connectivity index (χ3n) is 2.02. The Balaban J connectivity index is 2.88. The summed E-state index contributed by atoms with van der Waals surface area (Å²) >= 11 is 0. The van der Waals surface area contributed by atoms with Crippen LogP contribution in [0.5, 0.6) is 5.75 Å². The van der Waals surface area contributed by atoms with Crippen LogP contribution in [0.15, 0.2) is 23.0 Å². The van der Waals surface area contributed by atoms with Gasteiger partial charge in [0.1, 0.15) is 17.3 Å². The van der Waals surface area contributed by atoms with E-state index in [-0.39, 0.29) is 5.69 Å². The Labute approximate surface area is 84.9 Å². The van der Waals surface area contributed by atoms with Gasteiger partial charge in [0.05, 0.1) is 12.6 Å². The van der Waals surface area contributed by atoms with Crippen LogP contribution < -0.4 is 10.3 Å². The van der Waals surface area contributed by atoms with Gasteiger partial charge in [0.15, 0.2) is 0 Å². The van der Waals surface area contributed by atoms with E-state index in [1.54, 1.807) is 24.3 Å². The van der Waals surface area contributed by atoms with E-state index in [0.29, 0.717) is 16.8 Å². The maximum Gasteiger partial charge on any atom is 0.285 e. The molecule has 0 bridgehead atoms. The van der Waals surface area contributed by atoms with E-state index >= 15 is 0 Å². The molecule has 5 nitrogen and oxygen atoms in total. The number of hydrogen-bond acceptors (Lipinski definition) is 4. The minimum Gasteiger partial charge on any atom is -0.494 e. The van der Waals surface area contributed by atoms with Crippen LogP contribution in [0.4, 0.5) is 0 Å². The molecule has 0 amide bonds. The maximum absolute atomic E-state index is 11.3. The number of nitrogens with one attached hydrogen (secondary N) is 1. The number of aromatic nitrogens is 2. The van der Waals surface area contributed by atoms with Crippen molar-refractivity contribution in [2.45, 2.75) is 0 Å². The number of benzene rings is 1. The maximum atomic E-state index is 11.3. The van der Waals surface area contributed by atoms with E-state index in [9.17, 15) is 4.79 Å². The molecule has 0 saturated carbocycles. The number of ether oxygens (including phenoxy) is 1. The van der Waals surface area contributed by atoms with Crippen LogP contribution in [-0.2, 0) is 0 Å². The predicted molar refractivity (Wildman–Crippen MR) is 53.6 cm³/mol. The molecule has 2 aromatic rings. The third-order valence-corrected chi connectivity index (χ3v) is 2.02. The zero-order chi connectivity index (χ0) is 10.8. The normalized spacial score (nSPS) is 9.87. The lowest BCUT2D eigenvalue weighted by atomic mass is 10.2. The molecule has 0 atom stereocenters. The monoisotopic (exact) mass is 201 g/mol. The minimum atomic E-state index is -0.505. The zero-order valence-electron chi connectivity index (χ0n) is 7.94.